The first kappa shape index (κ1) is 19.5. The number of nitrogens with zero attached hydrogens (tertiary/aromatic N) is 4. The van der Waals surface area contributed by atoms with Crippen LogP contribution in [0, 0.1) is 20.8 Å². The fourth-order valence-electron chi connectivity index (χ4n) is 4.19. The molecule has 154 valence electrons. The highest BCUT2D eigenvalue weighted by molar-refractivity contribution is 7.99. The fraction of sp³-hybridized carbons (Fsp3) is 0.364. The lowest BCUT2D eigenvalue weighted by atomic mass is 9.97. The second-order valence-corrected chi connectivity index (χ2v) is 9.82. The number of aromatic nitrogens is 4. The standard InChI is InChI=1S/C22H23N5OS2/c1-12-7-6-8-13(2)19(12)24-17(28)11-29-22-26-25-20-18-15-9-4-5-10-16(15)30-21(18)23-14(3)27(20)22/h6-8H,4-5,9-11H2,1-3H3,(H,24,28). The molecule has 4 aromatic rings. The number of carbonyl (C=O) groups is 1. The molecular formula is C22H23N5OS2. The first-order valence-corrected chi connectivity index (χ1v) is 12.0. The number of hydrogen-bond donors (Lipinski definition) is 1. The molecule has 6 nitrogen and oxygen atoms in total. The van der Waals surface area contributed by atoms with Gasteiger partial charge in [0, 0.05) is 10.6 Å². The van der Waals surface area contributed by atoms with E-state index in [0.717, 1.165) is 51.3 Å². The average Bonchev–Trinajstić information content (AvgIpc) is 3.30. The SMILES string of the molecule is Cc1cccc(C)c1NC(=O)CSc1nnc2c3c4c(sc3nc(C)n12)CCCC4. The number of carbonyl (C=O) groups excluding carboxylic acids is 1. The van der Waals surface area contributed by atoms with Crippen LogP contribution in [0.4, 0.5) is 5.69 Å². The van der Waals surface area contributed by atoms with Gasteiger partial charge in [-0.05, 0) is 63.1 Å². The highest BCUT2D eigenvalue weighted by atomic mass is 32.2. The fourth-order valence-corrected chi connectivity index (χ4v) is 6.27. The summed E-state index contributed by atoms with van der Waals surface area (Å²) in [6.07, 6.45) is 4.69. The molecule has 3 heterocycles. The Balaban J connectivity index is 1.43. The van der Waals surface area contributed by atoms with Gasteiger partial charge in [0.25, 0.3) is 0 Å². The highest BCUT2D eigenvalue weighted by Gasteiger charge is 2.22. The van der Waals surface area contributed by atoms with Crippen molar-refractivity contribution in [2.24, 2.45) is 0 Å². The number of para-hydroxylation sites is 1. The number of hydrogen-bond acceptors (Lipinski definition) is 6. The van der Waals surface area contributed by atoms with Crippen LogP contribution in [0.3, 0.4) is 0 Å². The second-order valence-electron chi connectivity index (χ2n) is 7.80. The molecule has 0 saturated carbocycles. The molecule has 1 aliphatic rings. The molecule has 1 aliphatic carbocycles. The first-order valence-electron chi connectivity index (χ1n) is 10.2. The number of amides is 1. The molecule has 1 amide bonds. The number of thiophene rings is 1. The van der Waals surface area contributed by atoms with Gasteiger partial charge in [-0.3, -0.25) is 9.20 Å². The maximum atomic E-state index is 12.6. The van der Waals surface area contributed by atoms with Crippen molar-refractivity contribution in [3.63, 3.8) is 0 Å². The van der Waals surface area contributed by atoms with Crippen LogP contribution in [0.5, 0.6) is 0 Å². The molecule has 3 aromatic heterocycles. The third-order valence-corrected chi connectivity index (χ3v) is 7.79. The number of rotatable bonds is 4. The number of nitrogens with one attached hydrogen (secondary N) is 1. The van der Waals surface area contributed by atoms with Gasteiger partial charge in [-0.15, -0.1) is 21.5 Å². The summed E-state index contributed by atoms with van der Waals surface area (Å²) in [4.78, 5) is 19.9. The van der Waals surface area contributed by atoms with Crippen molar-refractivity contribution in [2.75, 3.05) is 11.1 Å². The van der Waals surface area contributed by atoms with Crippen LogP contribution in [0.15, 0.2) is 23.4 Å². The number of anilines is 1. The van der Waals surface area contributed by atoms with Gasteiger partial charge < -0.3 is 5.32 Å². The normalized spacial score (nSPS) is 13.7. The van der Waals surface area contributed by atoms with Crippen molar-refractivity contribution < 1.29 is 4.79 Å². The van der Waals surface area contributed by atoms with E-state index in [1.165, 1.54) is 35.0 Å². The minimum absolute atomic E-state index is 0.0475. The Morgan fingerprint density at radius 1 is 1.17 bits per heavy atom. The van der Waals surface area contributed by atoms with Crippen molar-refractivity contribution in [3.05, 3.63) is 45.6 Å². The van der Waals surface area contributed by atoms with E-state index in [1.54, 1.807) is 11.3 Å². The van der Waals surface area contributed by atoms with E-state index in [0.29, 0.717) is 5.16 Å². The van der Waals surface area contributed by atoms with Gasteiger partial charge >= 0.3 is 0 Å². The Kier molecular flexibility index (Phi) is 4.99. The molecular weight excluding hydrogens is 414 g/mol. The molecule has 1 N–H and O–H groups in total. The van der Waals surface area contributed by atoms with Gasteiger partial charge in [-0.1, -0.05) is 30.0 Å². The molecule has 8 heteroatoms. The number of thioether (sulfide) groups is 1. The lowest BCUT2D eigenvalue weighted by molar-refractivity contribution is -0.113. The summed E-state index contributed by atoms with van der Waals surface area (Å²) >= 11 is 3.20. The van der Waals surface area contributed by atoms with Gasteiger partial charge in [0.15, 0.2) is 10.8 Å². The summed E-state index contributed by atoms with van der Waals surface area (Å²) in [5, 5.41) is 13.8. The Morgan fingerprint density at radius 2 is 1.93 bits per heavy atom. The van der Waals surface area contributed by atoms with Crippen molar-refractivity contribution in [1.29, 1.82) is 0 Å². The van der Waals surface area contributed by atoms with E-state index >= 15 is 0 Å². The van der Waals surface area contributed by atoms with Gasteiger partial charge in [0.1, 0.15) is 10.7 Å². The summed E-state index contributed by atoms with van der Waals surface area (Å²) in [5.41, 5.74) is 5.28. The zero-order valence-corrected chi connectivity index (χ0v) is 18.9. The molecule has 1 aromatic carbocycles. The van der Waals surface area contributed by atoms with Crippen LogP contribution in [0.25, 0.3) is 15.9 Å². The van der Waals surface area contributed by atoms with Crippen molar-refractivity contribution in [1.82, 2.24) is 19.6 Å². The number of fused-ring (bicyclic) bond motifs is 5. The van der Waals surface area contributed by atoms with E-state index in [-0.39, 0.29) is 11.7 Å². The zero-order valence-electron chi connectivity index (χ0n) is 17.3. The van der Waals surface area contributed by atoms with Gasteiger partial charge in [0.05, 0.1) is 11.1 Å². The summed E-state index contributed by atoms with van der Waals surface area (Å²) in [6, 6.07) is 6.00. The quantitative estimate of drug-likeness (QED) is 0.461. The molecule has 0 fully saturated rings. The van der Waals surface area contributed by atoms with Crippen LogP contribution in [-0.2, 0) is 17.6 Å². The summed E-state index contributed by atoms with van der Waals surface area (Å²) in [5.74, 6) is 1.08. The third kappa shape index (κ3) is 3.28. The third-order valence-electron chi connectivity index (χ3n) is 5.67. The lowest BCUT2D eigenvalue weighted by Crippen LogP contribution is -2.16. The van der Waals surface area contributed by atoms with Crippen LogP contribution in [0.1, 0.15) is 40.2 Å². The lowest BCUT2D eigenvalue weighted by Gasteiger charge is -2.11. The predicted molar refractivity (Wildman–Crippen MR) is 123 cm³/mol. The van der Waals surface area contributed by atoms with Crippen LogP contribution < -0.4 is 5.32 Å². The minimum Gasteiger partial charge on any atom is -0.325 e. The molecule has 30 heavy (non-hydrogen) atoms. The molecule has 0 atom stereocenters. The summed E-state index contributed by atoms with van der Waals surface area (Å²) < 4.78 is 2.00. The molecule has 0 bridgehead atoms. The Labute approximate surface area is 183 Å². The molecule has 0 radical (unpaired) electrons. The largest absolute Gasteiger partial charge is 0.325 e. The molecule has 0 aliphatic heterocycles. The molecule has 5 rings (SSSR count). The molecule has 0 saturated heterocycles. The van der Waals surface area contributed by atoms with E-state index in [1.807, 2.05) is 43.4 Å². The Bertz CT molecular complexity index is 1270. The van der Waals surface area contributed by atoms with Crippen LogP contribution in [-0.4, -0.2) is 31.2 Å². The summed E-state index contributed by atoms with van der Waals surface area (Å²) in [6.45, 7) is 5.99. The first-order chi connectivity index (χ1) is 14.5. The monoisotopic (exact) mass is 437 g/mol. The van der Waals surface area contributed by atoms with E-state index in [4.69, 9.17) is 4.98 Å². The zero-order chi connectivity index (χ0) is 20.8. The van der Waals surface area contributed by atoms with Gasteiger partial charge in [-0.25, -0.2) is 4.98 Å². The van der Waals surface area contributed by atoms with E-state index in [2.05, 4.69) is 15.5 Å². The van der Waals surface area contributed by atoms with Gasteiger partial charge in [0.2, 0.25) is 5.91 Å². The molecule has 0 spiro atoms. The highest BCUT2D eigenvalue weighted by Crippen LogP contribution is 2.38. The van der Waals surface area contributed by atoms with E-state index in [9.17, 15) is 4.79 Å². The number of aryl methyl sites for hydroxylation is 5. The van der Waals surface area contributed by atoms with Crippen molar-refractivity contribution in [2.45, 2.75) is 51.6 Å². The molecule has 0 unspecified atom stereocenters. The maximum Gasteiger partial charge on any atom is 0.234 e. The van der Waals surface area contributed by atoms with Crippen molar-refractivity contribution in [3.8, 4) is 0 Å². The van der Waals surface area contributed by atoms with E-state index < -0.39 is 0 Å². The number of benzene rings is 1. The Morgan fingerprint density at radius 3 is 2.73 bits per heavy atom. The van der Waals surface area contributed by atoms with Gasteiger partial charge in [-0.2, -0.15) is 0 Å². The second kappa shape index (κ2) is 7.67. The maximum absolute atomic E-state index is 12.6. The summed E-state index contributed by atoms with van der Waals surface area (Å²) in [7, 11) is 0. The smallest absolute Gasteiger partial charge is 0.234 e. The van der Waals surface area contributed by atoms with Crippen LogP contribution >= 0.6 is 23.1 Å². The topological polar surface area (TPSA) is 72.2 Å². The average molecular weight is 438 g/mol. The Hall–Kier alpha value is -2.45. The minimum atomic E-state index is -0.0475. The van der Waals surface area contributed by atoms with Crippen molar-refractivity contribution >= 4 is 50.6 Å². The van der Waals surface area contributed by atoms with Crippen LogP contribution in [0.2, 0.25) is 0 Å². The predicted octanol–water partition coefficient (Wildman–Crippen LogP) is 4.87.